The van der Waals surface area contributed by atoms with Gasteiger partial charge < -0.3 is 9.47 Å². The zero-order valence-corrected chi connectivity index (χ0v) is 14.6. The van der Waals surface area contributed by atoms with Gasteiger partial charge in [0.15, 0.2) is 0 Å². The van der Waals surface area contributed by atoms with Crippen molar-refractivity contribution in [3.05, 3.63) is 54.3 Å². The lowest BCUT2D eigenvalue weighted by molar-refractivity contribution is -0.141. The summed E-state index contributed by atoms with van der Waals surface area (Å²) < 4.78 is 49.9. The van der Waals surface area contributed by atoms with Crippen molar-refractivity contribution < 1.29 is 27.1 Å². The van der Waals surface area contributed by atoms with E-state index < -0.39 is 28.4 Å². The van der Waals surface area contributed by atoms with Crippen LogP contribution in [0.3, 0.4) is 0 Å². The van der Waals surface area contributed by atoms with Gasteiger partial charge in [0.25, 0.3) is 10.0 Å². The highest BCUT2D eigenvalue weighted by Gasteiger charge is 2.28. The summed E-state index contributed by atoms with van der Waals surface area (Å²) in [7, 11) is -2.65. The highest BCUT2D eigenvalue weighted by atomic mass is 32.2. The van der Waals surface area contributed by atoms with E-state index in [2.05, 4.69) is 0 Å². The molecule has 6 nitrogen and oxygen atoms in total. The van der Waals surface area contributed by atoms with E-state index in [4.69, 9.17) is 9.47 Å². The Balaban J connectivity index is 2.49. The minimum Gasteiger partial charge on any atom is -0.497 e. The lowest BCUT2D eigenvalue weighted by atomic mass is 10.3. The van der Waals surface area contributed by atoms with E-state index in [0.29, 0.717) is 5.75 Å². The van der Waals surface area contributed by atoms with Crippen molar-refractivity contribution in [1.82, 2.24) is 0 Å². The van der Waals surface area contributed by atoms with Crippen LogP contribution in [0.5, 0.6) is 5.75 Å². The second kappa shape index (κ2) is 7.98. The van der Waals surface area contributed by atoms with Crippen molar-refractivity contribution in [2.24, 2.45) is 0 Å². The number of nitrogens with zero attached hydrogens (tertiary/aromatic N) is 1. The first-order valence-corrected chi connectivity index (χ1v) is 8.90. The highest BCUT2D eigenvalue weighted by Crippen LogP contribution is 2.27. The molecule has 0 fully saturated rings. The largest absolute Gasteiger partial charge is 0.497 e. The predicted octanol–water partition coefficient (Wildman–Crippen LogP) is 2.59. The monoisotopic (exact) mass is 367 g/mol. The average Bonchev–Trinajstić information content (AvgIpc) is 2.60. The van der Waals surface area contributed by atoms with Gasteiger partial charge in [0.05, 0.1) is 24.3 Å². The van der Waals surface area contributed by atoms with Gasteiger partial charge in [-0.05, 0) is 43.3 Å². The topological polar surface area (TPSA) is 72.9 Å². The van der Waals surface area contributed by atoms with Gasteiger partial charge in [-0.25, -0.2) is 12.8 Å². The Morgan fingerprint density at radius 3 is 2.44 bits per heavy atom. The van der Waals surface area contributed by atoms with E-state index >= 15 is 0 Å². The number of esters is 1. The molecule has 0 bridgehead atoms. The second-order valence-electron chi connectivity index (χ2n) is 4.97. The number of sulfonamides is 1. The summed E-state index contributed by atoms with van der Waals surface area (Å²) in [6.07, 6.45) is 0. The summed E-state index contributed by atoms with van der Waals surface area (Å²) in [4.78, 5) is 11.8. The zero-order valence-electron chi connectivity index (χ0n) is 13.8. The Kier molecular flexibility index (Phi) is 5.97. The smallest absolute Gasteiger partial charge is 0.326 e. The van der Waals surface area contributed by atoms with Crippen LogP contribution in [0, 0.1) is 5.82 Å². The van der Waals surface area contributed by atoms with Gasteiger partial charge in [-0.1, -0.05) is 6.07 Å². The second-order valence-corrected chi connectivity index (χ2v) is 6.83. The molecule has 0 aliphatic rings. The number of halogens is 1. The molecule has 2 aromatic carbocycles. The Morgan fingerprint density at radius 1 is 1.16 bits per heavy atom. The maximum Gasteiger partial charge on any atom is 0.326 e. The molecule has 0 aliphatic heterocycles. The number of benzene rings is 2. The molecule has 0 aromatic heterocycles. The fourth-order valence-corrected chi connectivity index (χ4v) is 3.54. The number of hydrogen-bond donors (Lipinski definition) is 0. The summed E-state index contributed by atoms with van der Waals surface area (Å²) >= 11 is 0. The first-order valence-electron chi connectivity index (χ1n) is 7.46. The molecule has 0 amide bonds. The third-order valence-electron chi connectivity index (χ3n) is 3.32. The van der Waals surface area contributed by atoms with Gasteiger partial charge in [-0.3, -0.25) is 9.10 Å². The SMILES string of the molecule is CCOC(=O)CN(c1cccc(OC)c1)S(=O)(=O)c1ccc(F)cc1. The van der Waals surface area contributed by atoms with Gasteiger partial charge in [0, 0.05) is 6.07 Å². The number of anilines is 1. The Bertz CT molecular complexity index is 836. The van der Waals surface area contributed by atoms with E-state index in [1.165, 1.54) is 19.2 Å². The Morgan fingerprint density at radius 2 is 1.84 bits per heavy atom. The molecule has 0 aliphatic carbocycles. The lowest BCUT2D eigenvalue weighted by Crippen LogP contribution is -2.36. The molecule has 134 valence electrons. The molecule has 0 atom stereocenters. The van der Waals surface area contributed by atoms with Crippen LogP contribution in [0.2, 0.25) is 0 Å². The van der Waals surface area contributed by atoms with Crippen molar-refractivity contribution in [3.8, 4) is 5.75 Å². The zero-order chi connectivity index (χ0) is 18.4. The van der Waals surface area contributed by atoms with Crippen LogP contribution in [0.25, 0.3) is 0 Å². The molecule has 0 radical (unpaired) electrons. The van der Waals surface area contributed by atoms with Gasteiger partial charge >= 0.3 is 5.97 Å². The van der Waals surface area contributed by atoms with E-state index in [9.17, 15) is 17.6 Å². The number of rotatable bonds is 7. The predicted molar refractivity (Wildman–Crippen MR) is 90.6 cm³/mol. The summed E-state index contributed by atoms with van der Waals surface area (Å²) in [5, 5.41) is 0. The molecule has 0 saturated carbocycles. The van der Waals surface area contributed by atoms with Crippen LogP contribution in [0.4, 0.5) is 10.1 Å². The number of carbonyl (C=O) groups is 1. The number of carbonyl (C=O) groups excluding carboxylic acids is 1. The Hall–Kier alpha value is -2.61. The summed E-state index contributed by atoms with van der Waals surface area (Å²) in [6.45, 7) is 1.24. The standard InChI is InChI=1S/C17H18FNO5S/c1-3-24-17(20)12-19(14-5-4-6-15(11-14)23-2)25(21,22)16-9-7-13(18)8-10-16/h4-11H,3,12H2,1-2H3. The fraction of sp³-hybridized carbons (Fsp3) is 0.235. The molecule has 0 saturated heterocycles. The van der Waals surface area contributed by atoms with Gasteiger partial charge in [-0.2, -0.15) is 0 Å². The normalized spacial score (nSPS) is 11.0. The van der Waals surface area contributed by atoms with Crippen LogP contribution in [-0.2, 0) is 19.6 Å². The van der Waals surface area contributed by atoms with Crippen molar-refractivity contribution in [2.75, 3.05) is 24.6 Å². The molecule has 25 heavy (non-hydrogen) atoms. The van der Waals surface area contributed by atoms with Crippen LogP contribution in [0.1, 0.15) is 6.92 Å². The van der Waals surface area contributed by atoms with Gasteiger partial charge in [-0.15, -0.1) is 0 Å². The van der Waals surface area contributed by atoms with E-state index in [0.717, 1.165) is 28.6 Å². The van der Waals surface area contributed by atoms with E-state index in [1.807, 2.05) is 0 Å². The third kappa shape index (κ3) is 4.48. The van der Waals surface area contributed by atoms with E-state index in [-0.39, 0.29) is 17.2 Å². The molecule has 0 spiro atoms. The highest BCUT2D eigenvalue weighted by molar-refractivity contribution is 7.92. The molecule has 0 N–H and O–H groups in total. The average molecular weight is 367 g/mol. The molecule has 0 unspecified atom stereocenters. The molecule has 2 rings (SSSR count). The number of hydrogen-bond acceptors (Lipinski definition) is 5. The van der Waals surface area contributed by atoms with E-state index in [1.54, 1.807) is 19.1 Å². The maximum absolute atomic E-state index is 13.1. The summed E-state index contributed by atoms with van der Waals surface area (Å²) in [5.74, 6) is -0.825. The first kappa shape index (κ1) is 18.7. The van der Waals surface area contributed by atoms with Crippen molar-refractivity contribution in [2.45, 2.75) is 11.8 Å². The van der Waals surface area contributed by atoms with Crippen LogP contribution in [-0.4, -0.2) is 34.6 Å². The summed E-state index contributed by atoms with van der Waals surface area (Å²) in [5.41, 5.74) is 0.233. The third-order valence-corrected chi connectivity index (χ3v) is 5.11. The van der Waals surface area contributed by atoms with Gasteiger partial charge in [0.1, 0.15) is 18.1 Å². The summed E-state index contributed by atoms with van der Waals surface area (Å²) in [6, 6.07) is 10.6. The molecule has 8 heteroatoms. The van der Waals surface area contributed by atoms with Crippen LogP contribution >= 0.6 is 0 Å². The Labute approximate surface area is 145 Å². The van der Waals surface area contributed by atoms with Crippen molar-refractivity contribution in [1.29, 1.82) is 0 Å². The quantitative estimate of drug-likeness (QED) is 0.704. The number of methoxy groups -OCH3 is 1. The van der Waals surface area contributed by atoms with Crippen molar-refractivity contribution in [3.63, 3.8) is 0 Å². The minimum absolute atomic E-state index is 0.126. The van der Waals surface area contributed by atoms with Gasteiger partial charge in [0.2, 0.25) is 0 Å². The number of ether oxygens (including phenoxy) is 2. The maximum atomic E-state index is 13.1. The molecule has 2 aromatic rings. The fourth-order valence-electron chi connectivity index (χ4n) is 2.14. The minimum atomic E-state index is -4.10. The molecule has 0 heterocycles. The first-order chi connectivity index (χ1) is 11.9. The lowest BCUT2D eigenvalue weighted by Gasteiger charge is -2.24. The van der Waals surface area contributed by atoms with Crippen LogP contribution in [0.15, 0.2) is 53.4 Å². The molecular formula is C17H18FNO5S. The molecular weight excluding hydrogens is 349 g/mol. The van der Waals surface area contributed by atoms with Crippen molar-refractivity contribution >= 4 is 21.7 Å². The van der Waals surface area contributed by atoms with Crippen LogP contribution < -0.4 is 9.04 Å².